The van der Waals surface area contributed by atoms with Crippen LogP contribution in [-0.2, 0) is 20.8 Å². The molecule has 6 heteroatoms. The molecule has 0 unspecified atom stereocenters. The first-order valence-electron chi connectivity index (χ1n) is 8.79. The monoisotopic (exact) mass is 352 g/mol. The number of methoxy groups -OCH3 is 1. The Labute approximate surface area is 148 Å². The second-order valence-corrected chi connectivity index (χ2v) is 8.00. The summed E-state index contributed by atoms with van der Waals surface area (Å²) in [5, 5.41) is 5.07. The van der Waals surface area contributed by atoms with E-state index in [1.54, 1.807) is 0 Å². The summed E-state index contributed by atoms with van der Waals surface area (Å²) >= 11 is 1.86. The molecule has 0 radical (unpaired) electrons. The van der Waals surface area contributed by atoms with Gasteiger partial charge in [-0.15, -0.1) is 11.3 Å². The van der Waals surface area contributed by atoms with Crippen molar-refractivity contribution >= 4 is 17.2 Å². The zero-order valence-corrected chi connectivity index (χ0v) is 15.5. The fourth-order valence-electron chi connectivity index (χ4n) is 3.70. The number of hydrogen-bond acceptors (Lipinski definition) is 5. The van der Waals surface area contributed by atoms with Crippen LogP contribution in [0.15, 0.2) is 11.4 Å². The molecule has 2 aliphatic rings. The Bertz CT molecular complexity index is 552. The Hall–Kier alpha value is -0.950. The van der Waals surface area contributed by atoms with E-state index in [0.717, 1.165) is 45.3 Å². The number of ether oxygens (including phenoxy) is 2. The van der Waals surface area contributed by atoms with Gasteiger partial charge in [0.05, 0.1) is 11.7 Å². The van der Waals surface area contributed by atoms with Crippen LogP contribution in [0.3, 0.4) is 0 Å². The molecular weight excluding hydrogens is 324 g/mol. The van der Waals surface area contributed by atoms with E-state index in [1.807, 2.05) is 11.3 Å². The Kier molecular flexibility index (Phi) is 5.92. The summed E-state index contributed by atoms with van der Waals surface area (Å²) in [5.41, 5.74) is 1.45. The number of aryl methyl sites for hydroxylation is 1. The van der Waals surface area contributed by atoms with Gasteiger partial charge in [-0.3, -0.25) is 9.69 Å². The first kappa shape index (κ1) is 17.9. The van der Waals surface area contributed by atoms with Gasteiger partial charge in [0.1, 0.15) is 6.61 Å². The quantitative estimate of drug-likeness (QED) is 0.854. The van der Waals surface area contributed by atoms with Gasteiger partial charge >= 0.3 is 0 Å². The molecule has 2 fully saturated rings. The molecule has 5 nitrogen and oxygen atoms in total. The van der Waals surface area contributed by atoms with Crippen LogP contribution >= 0.6 is 11.3 Å². The van der Waals surface area contributed by atoms with Gasteiger partial charge in [0, 0.05) is 38.2 Å². The second-order valence-electron chi connectivity index (χ2n) is 7.00. The minimum atomic E-state index is -0.0665. The lowest BCUT2D eigenvalue weighted by Crippen LogP contribution is -2.45. The van der Waals surface area contributed by atoms with E-state index in [2.05, 4.69) is 28.6 Å². The smallest absolute Gasteiger partial charge is 0.246 e. The Morgan fingerprint density at radius 2 is 2.25 bits per heavy atom. The highest BCUT2D eigenvalue weighted by molar-refractivity contribution is 7.10. The number of rotatable bonds is 6. The summed E-state index contributed by atoms with van der Waals surface area (Å²) < 4.78 is 11.2. The molecular formula is C18H28N2O3S. The average molecular weight is 353 g/mol. The van der Waals surface area contributed by atoms with Crippen LogP contribution in [0.4, 0.5) is 0 Å². The number of nitrogens with one attached hydrogen (secondary N) is 1. The van der Waals surface area contributed by atoms with Gasteiger partial charge in [-0.25, -0.2) is 0 Å². The van der Waals surface area contributed by atoms with Crippen LogP contribution in [0.1, 0.15) is 36.1 Å². The molecule has 0 bridgehead atoms. The fourth-order valence-corrected chi connectivity index (χ4v) is 4.65. The number of thiophene rings is 1. The van der Waals surface area contributed by atoms with Crippen molar-refractivity contribution < 1.29 is 14.3 Å². The van der Waals surface area contributed by atoms with Crippen LogP contribution < -0.4 is 5.32 Å². The third kappa shape index (κ3) is 4.36. The summed E-state index contributed by atoms with van der Waals surface area (Å²) in [6, 6.07) is 2.20. The summed E-state index contributed by atoms with van der Waals surface area (Å²) in [7, 11) is 1.53. The first-order chi connectivity index (χ1) is 11.6. The van der Waals surface area contributed by atoms with Crippen molar-refractivity contribution in [2.75, 3.05) is 33.4 Å². The zero-order chi connectivity index (χ0) is 17.0. The van der Waals surface area contributed by atoms with E-state index in [9.17, 15) is 4.79 Å². The summed E-state index contributed by atoms with van der Waals surface area (Å²) in [6.45, 7) is 6.17. The number of likely N-dealkylation sites (tertiary alicyclic amines) is 1. The number of hydrogen-bond donors (Lipinski definition) is 1. The predicted octanol–water partition coefficient (Wildman–Crippen LogP) is 2.33. The topological polar surface area (TPSA) is 50.8 Å². The molecule has 24 heavy (non-hydrogen) atoms. The number of piperidine rings is 1. The number of carbonyl (C=O) groups is 1. The third-order valence-corrected chi connectivity index (χ3v) is 6.25. The maximum absolute atomic E-state index is 11.5. The van der Waals surface area contributed by atoms with Gasteiger partial charge in [0.25, 0.3) is 0 Å². The number of nitrogens with zero attached hydrogens (tertiary/aromatic N) is 1. The molecule has 2 saturated heterocycles. The van der Waals surface area contributed by atoms with E-state index in [0.29, 0.717) is 6.54 Å². The first-order valence-corrected chi connectivity index (χ1v) is 9.67. The molecule has 0 aliphatic carbocycles. The SMILES string of the molecule is COCC(=O)NC[C@@H]1CCC2(CCN(Cc3sccc3C)CC2)O1. The second kappa shape index (κ2) is 7.95. The molecule has 0 aromatic carbocycles. The minimum absolute atomic E-state index is 0.0393. The van der Waals surface area contributed by atoms with Crippen molar-refractivity contribution in [2.24, 2.45) is 0 Å². The van der Waals surface area contributed by atoms with Crippen LogP contribution in [0.2, 0.25) is 0 Å². The normalized spacial score (nSPS) is 23.7. The maximum Gasteiger partial charge on any atom is 0.246 e. The van der Waals surface area contributed by atoms with Crippen LogP contribution in [-0.4, -0.2) is 55.9 Å². The van der Waals surface area contributed by atoms with Crippen molar-refractivity contribution in [3.05, 3.63) is 21.9 Å². The summed E-state index contributed by atoms with van der Waals surface area (Å²) in [5.74, 6) is -0.0665. The average Bonchev–Trinajstić information content (AvgIpc) is 3.15. The molecule has 134 valence electrons. The highest BCUT2D eigenvalue weighted by Crippen LogP contribution is 2.39. The van der Waals surface area contributed by atoms with Gasteiger partial charge in [-0.1, -0.05) is 0 Å². The van der Waals surface area contributed by atoms with Crippen LogP contribution in [0.5, 0.6) is 0 Å². The minimum Gasteiger partial charge on any atom is -0.375 e. The Morgan fingerprint density at radius 1 is 1.46 bits per heavy atom. The Morgan fingerprint density at radius 3 is 2.92 bits per heavy atom. The molecule has 2 aliphatic heterocycles. The predicted molar refractivity (Wildman–Crippen MR) is 95.3 cm³/mol. The van der Waals surface area contributed by atoms with Crippen molar-refractivity contribution in [1.29, 1.82) is 0 Å². The third-order valence-electron chi connectivity index (χ3n) is 5.24. The molecule has 1 spiro atoms. The molecule has 3 heterocycles. The van der Waals surface area contributed by atoms with Gasteiger partial charge in [-0.05, 0) is 49.6 Å². The van der Waals surface area contributed by atoms with Gasteiger partial charge in [0.15, 0.2) is 0 Å². The van der Waals surface area contributed by atoms with E-state index in [4.69, 9.17) is 9.47 Å². The van der Waals surface area contributed by atoms with E-state index in [1.165, 1.54) is 17.6 Å². The van der Waals surface area contributed by atoms with Crippen molar-refractivity contribution in [1.82, 2.24) is 10.2 Å². The highest BCUT2D eigenvalue weighted by Gasteiger charge is 2.42. The van der Waals surface area contributed by atoms with Gasteiger partial charge in [0.2, 0.25) is 5.91 Å². The summed E-state index contributed by atoms with van der Waals surface area (Å²) in [4.78, 5) is 15.5. The lowest BCUT2D eigenvalue weighted by atomic mass is 9.88. The molecule has 1 atom stereocenters. The number of carbonyl (C=O) groups excluding carboxylic acids is 1. The molecule has 3 rings (SSSR count). The molecule has 1 aromatic heterocycles. The highest BCUT2D eigenvalue weighted by atomic mass is 32.1. The fraction of sp³-hybridized carbons (Fsp3) is 0.722. The molecule has 0 saturated carbocycles. The van der Waals surface area contributed by atoms with Gasteiger partial charge in [-0.2, -0.15) is 0 Å². The van der Waals surface area contributed by atoms with E-state index < -0.39 is 0 Å². The largest absolute Gasteiger partial charge is 0.375 e. The molecule has 1 N–H and O–H groups in total. The maximum atomic E-state index is 11.5. The van der Waals surface area contributed by atoms with Crippen LogP contribution in [0, 0.1) is 6.92 Å². The molecule has 1 amide bonds. The standard InChI is InChI=1S/C18H28N2O3S/c1-14-4-10-24-16(14)12-20-8-6-18(7-9-20)5-3-15(23-18)11-19-17(21)13-22-2/h4,10,15H,3,5-9,11-13H2,1-2H3,(H,19,21)/t15-/m0/s1. The lowest BCUT2D eigenvalue weighted by Gasteiger charge is -2.39. The van der Waals surface area contributed by atoms with Crippen molar-refractivity contribution in [2.45, 2.75) is 50.9 Å². The van der Waals surface area contributed by atoms with Crippen molar-refractivity contribution in [3.63, 3.8) is 0 Å². The van der Waals surface area contributed by atoms with Gasteiger partial charge < -0.3 is 14.8 Å². The van der Waals surface area contributed by atoms with Crippen LogP contribution in [0.25, 0.3) is 0 Å². The van der Waals surface area contributed by atoms with E-state index >= 15 is 0 Å². The lowest BCUT2D eigenvalue weighted by molar-refractivity contribution is -0.126. The summed E-state index contributed by atoms with van der Waals surface area (Å²) in [6.07, 6.45) is 4.50. The molecule has 1 aromatic rings. The van der Waals surface area contributed by atoms with Crippen molar-refractivity contribution in [3.8, 4) is 0 Å². The Balaban J connectivity index is 1.43. The van der Waals surface area contributed by atoms with E-state index in [-0.39, 0.29) is 24.2 Å². The number of amides is 1. The zero-order valence-electron chi connectivity index (χ0n) is 14.7.